The second-order valence-corrected chi connectivity index (χ2v) is 7.84. The van der Waals surface area contributed by atoms with Crippen LogP contribution < -0.4 is 10.6 Å². The van der Waals surface area contributed by atoms with Crippen molar-refractivity contribution in [3.63, 3.8) is 0 Å². The van der Waals surface area contributed by atoms with E-state index >= 15 is 0 Å². The largest absolute Gasteiger partial charge is 0.385 e. The van der Waals surface area contributed by atoms with Crippen LogP contribution in [0.2, 0.25) is 0 Å². The highest BCUT2D eigenvalue weighted by molar-refractivity contribution is 7.11. The third kappa shape index (κ3) is 6.92. The summed E-state index contributed by atoms with van der Waals surface area (Å²) >= 11 is 1.74. The van der Waals surface area contributed by atoms with Gasteiger partial charge >= 0.3 is 0 Å². The summed E-state index contributed by atoms with van der Waals surface area (Å²) in [6, 6.07) is 0.497. The van der Waals surface area contributed by atoms with Crippen LogP contribution in [0.3, 0.4) is 0 Å². The fourth-order valence-corrected chi connectivity index (χ4v) is 3.86. The van der Waals surface area contributed by atoms with Crippen molar-refractivity contribution in [1.82, 2.24) is 20.5 Å². The zero-order chi connectivity index (χ0) is 18.1. The maximum absolute atomic E-state index is 5.14. The molecule has 7 heteroatoms. The lowest BCUT2D eigenvalue weighted by Crippen LogP contribution is -2.48. The van der Waals surface area contributed by atoms with Crippen molar-refractivity contribution in [2.45, 2.75) is 52.6 Å². The number of aryl methyl sites for hydroxylation is 2. The summed E-state index contributed by atoms with van der Waals surface area (Å²) in [5.41, 5.74) is 1.12. The number of methoxy groups -OCH3 is 1. The van der Waals surface area contributed by atoms with Gasteiger partial charge in [-0.3, -0.25) is 0 Å². The molecule has 0 amide bonds. The summed E-state index contributed by atoms with van der Waals surface area (Å²) in [5, 5.41) is 8.04. The number of piperidine rings is 1. The fourth-order valence-electron chi connectivity index (χ4n) is 3.00. The van der Waals surface area contributed by atoms with Crippen LogP contribution in [0.1, 0.15) is 41.8 Å². The molecule has 2 N–H and O–H groups in total. The van der Waals surface area contributed by atoms with Crippen molar-refractivity contribution in [1.29, 1.82) is 0 Å². The van der Waals surface area contributed by atoms with E-state index in [-0.39, 0.29) is 0 Å². The number of nitrogens with zero attached hydrogens (tertiary/aromatic N) is 3. The van der Waals surface area contributed by atoms with E-state index in [2.05, 4.69) is 41.3 Å². The average molecular weight is 368 g/mol. The molecule has 1 saturated heterocycles. The minimum Gasteiger partial charge on any atom is -0.385 e. The predicted octanol–water partition coefficient (Wildman–Crippen LogP) is 2.32. The number of hydrogen-bond acceptors (Lipinski definition) is 5. The Labute approximate surface area is 156 Å². The van der Waals surface area contributed by atoms with Gasteiger partial charge in [0.1, 0.15) is 5.01 Å². The van der Waals surface area contributed by atoms with E-state index in [0.717, 1.165) is 68.7 Å². The number of rotatable bonds is 8. The normalized spacial score (nSPS) is 17.0. The number of ether oxygens (including phenoxy) is 1. The number of guanidine groups is 1. The number of aromatic nitrogens is 1. The molecular weight excluding hydrogens is 334 g/mol. The highest BCUT2D eigenvalue weighted by Gasteiger charge is 2.19. The van der Waals surface area contributed by atoms with Gasteiger partial charge in [-0.05, 0) is 40.0 Å². The van der Waals surface area contributed by atoms with E-state index in [1.807, 2.05) is 0 Å². The molecule has 1 aliphatic rings. The second-order valence-electron chi connectivity index (χ2n) is 6.55. The van der Waals surface area contributed by atoms with Crippen LogP contribution in [0.5, 0.6) is 0 Å². The minimum absolute atomic E-state index is 0.497. The predicted molar refractivity (Wildman–Crippen MR) is 105 cm³/mol. The summed E-state index contributed by atoms with van der Waals surface area (Å²) in [7, 11) is 1.77. The standard InChI is InChI=1S/C18H33N5OS/c1-5-19-18(20-13-17-21-14(2)15(3)25-17)22-16-7-10-23(11-8-16)9-6-12-24-4/h16H,5-13H2,1-4H3,(H2,19,20,22). The van der Waals surface area contributed by atoms with E-state index in [0.29, 0.717) is 12.6 Å². The maximum Gasteiger partial charge on any atom is 0.191 e. The Morgan fingerprint density at radius 2 is 2.12 bits per heavy atom. The molecule has 2 heterocycles. The molecule has 0 aliphatic carbocycles. The quantitative estimate of drug-likeness (QED) is 0.419. The lowest BCUT2D eigenvalue weighted by atomic mass is 10.1. The smallest absolute Gasteiger partial charge is 0.191 e. The number of likely N-dealkylation sites (tertiary alicyclic amines) is 1. The van der Waals surface area contributed by atoms with Crippen molar-refractivity contribution in [2.24, 2.45) is 4.99 Å². The first kappa shape index (κ1) is 20.1. The van der Waals surface area contributed by atoms with Gasteiger partial charge in [0.2, 0.25) is 0 Å². The summed E-state index contributed by atoms with van der Waals surface area (Å²) in [6.07, 6.45) is 3.44. The molecule has 0 saturated carbocycles. The van der Waals surface area contributed by atoms with Gasteiger partial charge in [-0.2, -0.15) is 0 Å². The van der Waals surface area contributed by atoms with Crippen LogP contribution in [0.15, 0.2) is 4.99 Å². The monoisotopic (exact) mass is 367 g/mol. The Morgan fingerprint density at radius 3 is 2.72 bits per heavy atom. The van der Waals surface area contributed by atoms with E-state index in [9.17, 15) is 0 Å². The molecule has 0 bridgehead atoms. The highest BCUT2D eigenvalue weighted by atomic mass is 32.1. The van der Waals surface area contributed by atoms with Crippen molar-refractivity contribution in [2.75, 3.05) is 39.9 Å². The number of nitrogens with one attached hydrogen (secondary N) is 2. The number of aliphatic imine (C=N–C) groups is 1. The third-order valence-electron chi connectivity index (χ3n) is 4.54. The minimum atomic E-state index is 0.497. The van der Waals surface area contributed by atoms with Gasteiger partial charge in [0.25, 0.3) is 0 Å². The number of hydrogen-bond donors (Lipinski definition) is 2. The Balaban J connectivity index is 1.80. The molecule has 2 rings (SSSR count). The van der Waals surface area contributed by atoms with Gasteiger partial charge in [-0.15, -0.1) is 11.3 Å². The maximum atomic E-state index is 5.14. The van der Waals surface area contributed by atoms with Crippen molar-refractivity contribution in [3.05, 3.63) is 15.6 Å². The molecule has 0 unspecified atom stereocenters. The molecule has 1 aromatic heterocycles. The molecule has 1 aliphatic heterocycles. The lowest BCUT2D eigenvalue weighted by molar-refractivity contribution is 0.155. The first-order chi connectivity index (χ1) is 12.1. The van der Waals surface area contributed by atoms with Crippen LogP contribution >= 0.6 is 11.3 Å². The van der Waals surface area contributed by atoms with Crippen molar-refractivity contribution < 1.29 is 4.74 Å². The second kappa shape index (κ2) is 10.7. The molecule has 0 radical (unpaired) electrons. The molecule has 0 aromatic carbocycles. The Bertz CT molecular complexity index is 518. The van der Waals surface area contributed by atoms with Crippen LogP contribution in [0, 0.1) is 13.8 Å². The van der Waals surface area contributed by atoms with Crippen LogP contribution in [0.4, 0.5) is 0 Å². The summed E-state index contributed by atoms with van der Waals surface area (Å²) in [4.78, 5) is 13.1. The highest BCUT2D eigenvalue weighted by Crippen LogP contribution is 2.17. The molecular formula is C18H33N5OS. The molecule has 25 heavy (non-hydrogen) atoms. The van der Waals surface area contributed by atoms with Gasteiger partial charge in [0.05, 0.1) is 12.2 Å². The van der Waals surface area contributed by atoms with Gasteiger partial charge in [-0.25, -0.2) is 9.98 Å². The van der Waals surface area contributed by atoms with E-state index in [4.69, 9.17) is 9.73 Å². The third-order valence-corrected chi connectivity index (χ3v) is 5.60. The van der Waals surface area contributed by atoms with E-state index < -0.39 is 0 Å². The topological polar surface area (TPSA) is 61.8 Å². The molecule has 0 spiro atoms. The van der Waals surface area contributed by atoms with E-state index in [1.54, 1.807) is 18.4 Å². The Morgan fingerprint density at radius 1 is 1.36 bits per heavy atom. The first-order valence-corrected chi connectivity index (χ1v) is 10.1. The summed E-state index contributed by atoms with van der Waals surface area (Å²) in [6.45, 7) is 12.1. The average Bonchev–Trinajstić information content (AvgIpc) is 2.93. The van der Waals surface area contributed by atoms with Crippen LogP contribution in [-0.2, 0) is 11.3 Å². The SMILES string of the molecule is CCNC(=NCc1nc(C)c(C)s1)NC1CCN(CCCOC)CC1. The van der Waals surface area contributed by atoms with Crippen LogP contribution in [-0.4, -0.2) is 61.8 Å². The van der Waals surface area contributed by atoms with Gasteiger partial charge in [0.15, 0.2) is 5.96 Å². The molecule has 142 valence electrons. The van der Waals surface area contributed by atoms with E-state index in [1.165, 1.54) is 4.88 Å². The molecule has 6 nitrogen and oxygen atoms in total. The van der Waals surface area contributed by atoms with Gasteiger partial charge in [0, 0.05) is 50.8 Å². The zero-order valence-electron chi connectivity index (χ0n) is 16.1. The van der Waals surface area contributed by atoms with Gasteiger partial charge in [-0.1, -0.05) is 0 Å². The van der Waals surface area contributed by atoms with Crippen molar-refractivity contribution >= 4 is 17.3 Å². The lowest BCUT2D eigenvalue weighted by Gasteiger charge is -2.33. The summed E-state index contributed by atoms with van der Waals surface area (Å²) in [5.74, 6) is 0.908. The Kier molecular flexibility index (Phi) is 8.64. The van der Waals surface area contributed by atoms with Gasteiger partial charge < -0.3 is 20.3 Å². The van der Waals surface area contributed by atoms with Crippen molar-refractivity contribution in [3.8, 4) is 0 Å². The first-order valence-electron chi connectivity index (χ1n) is 9.31. The number of thiazole rings is 1. The van der Waals surface area contributed by atoms with Crippen LogP contribution in [0.25, 0.3) is 0 Å². The fraction of sp³-hybridized carbons (Fsp3) is 0.778. The molecule has 0 atom stereocenters. The molecule has 1 aromatic rings. The zero-order valence-corrected chi connectivity index (χ0v) is 16.9. The Hall–Kier alpha value is -1.18. The summed E-state index contributed by atoms with van der Waals surface area (Å²) < 4.78 is 5.14. The molecule has 1 fully saturated rings.